The predicted molar refractivity (Wildman–Crippen MR) is 109 cm³/mol. The average molecular weight is 434 g/mol. The number of Topliss-reactive ketones (excluding diaryl/α,β-unsaturated/α-hetero) is 1. The van der Waals surface area contributed by atoms with Crippen molar-refractivity contribution in [3.63, 3.8) is 0 Å². The van der Waals surface area contributed by atoms with E-state index in [1.54, 1.807) is 21.9 Å². The van der Waals surface area contributed by atoms with Crippen LogP contribution in [0.1, 0.15) is 17.3 Å². The van der Waals surface area contributed by atoms with Crippen LogP contribution in [-0.4, -0.2) is 74.1 Å². The van der Waals surface area contributed by atoms with Crippen molar-refractivity contribution in [1.29, 1.82) is 0 Å². The summed E-state index contributed by atoms with van der Waals surface area (Å²) in [6.07, 6.45) is 2.71. The highest BCUT2D eigenvalue weighted by atomic mass is 32.2. The number of amides is 1. The predicted octanol–water partition coefficient (Wildman–Crippen LogP) is 1.39. The van der Waals surface area contributed by atoms with E-state index in [0.717, 1.165) is 4.31 Å². The average Bonchev–Trinajstić information content (AvgIpc) is 2.74. The maximum absolute atomic E-state index is 14.4. The molecule has 0 bridgehead atoms. The molecule has 0 unspecified atom stereocenters. The first-order chi connectivity index (χ1) is 14.2. The molecule has 1 aliphatic rings. The van der Waals surface area contributed by atoms with Gasteiger partial charge >= 0.3 is 0 Å². The summed E-state index contributed by atoms with van der Waals surface area (Å²) in [7, 11) is -2.46. The molecule has 2 heterocycles. The number of rotatable bonds is 6. The Hall–Kier alpha value is -2.85. The van der Waals surface area contributed by atoms with Crippen LogP contribution in [0.4, 0.5) is 10.1 Å². The molecule has 1 amide bonds. The summed E-state index contributed by atoms with van der Waals surface area (Å²) in [5.41, 5.74) is 0.686. The molecule has 1 aromatic heterocycles. The number of likely N-dealkylation sites (N-methyl/N-ethyl adjacent to an activating group) is 1. The number of halogens is 1. The molecule has 0 atom stereocenters. The molecule has 8 nitrogen and oxygen atoms in total. The van der Waals surface area contributed by atoms with Crippen LogP contribution in [0.15, 0.2) is 47.6 Å². The Labute approximate surface area is 175 Å². The second-order valence-electron chi connectivity index (χ2n) is 7.04. The Morgan fingerprint density at radius 3 is 2.43 bits per heavy atom. The first kappa shape index (κ1) is 21.8. The summed E-state index contributed by atoms with van der Waals surface area (Å²) in [6.45, 7) is 2.58. The van der Waals surface area contributed by atoms with Crippen LogP contribution in [0.25, 0.3) is 0 Å². The van der Waals surface area contributed by atoms with Crippen molar-refractivity contribution in [3.8, 4) is 0 Å². The SMILES string of the molecule is CC(=O)c1ccc(N2CCN(C(=O)CN(C)S(=O)(=O)c3cccnc3)CC2)c(F)c1. The van der Waals surface area contributed by atoms with Gasteiger partial charge in [0.15, 0.2) is 5.78 Å². The lowest BCUT2D eigenvalue weighted by atomic mass is 10.1. The van der Waals surface area contributed by atoms with Crippen LogP contribution < -0.4 is 4.90 Å². The molecule has 0 saturated carbocycles. The summed E-state index contributed by atoms with van der Waals surface area (Å²) < 4.78 is 40.4. The molecule has 1 saturated heterocycles. The Morgan fingerprint density at radius 2 is 1.87 bits per heavy atom. The van der Waals surface area contributed by atoms with Crippen molar-refractivity contribution < 1.29 is 22.4 Å². The normalized spacial score (nSPS) is 14.8. The van der Waals surface area contributed by atoms with E-state index < -0.39 is 15.8 Å². The highest BCUT2D eigenvalue weighted by Gasteiger charge is 2.28. The topological polar surface area (TPSA) is 90.9 Å². The van der Waals surface area contributed by atoms with Crippen molar-refractivity contribution in [1.82, 2.24) is 14.2 Å². The minimum Gasteiger partial charge on any atom is -0.366 e. The van der Waals surface area contributed by atoms with Gasteiger partial charge in [-0.05, 0) is 37.3 Å². The number of ketones is 1. The number of benzene rings is 1. The van der Waals surface area contributed by atoms with E-state index in [9.17, 15) is 22.4 Å². The minimum atomic E-state index is -3.81. The minimum absolute atomic E-state index is 0.0228. The Bertz CT molecular complexity index is 1040. The number of aromatic nitrogens is 1. The maximum Gasteiger partial charge on any atom is 0.244 e. The van der Waals surface area contributed by atoms with E-state index in [1.807, 2.05) is 0 Å². The molecular weight excluding hydrogens is 411 g/mol. The van der Waals surface area contributed by atoms with E-state index in [1.165, 1.54) is 44.6 Å². The molecule has 2 aromatic rings. The van der Waals surface area contributed by atoms with Crippen LogP contribution >= 0.6 is 0 Å². The van der Waals surface area contributed by atoms with Gasteiger partial charge in [0.25, 0.3) is 0 Å². The zero-order valence-corrected chi connectivity index (χ0v) is 17.6. The highest BCUT2D eigenvalue weighted by Crippen LogP contribution is 2.22. The molecule has 0 aliphatic carbocycles. The van der Waals surface area contributed by atoms with Gasteiger partial charge in [0.1, 0.15) is 10.7 Å². The molecule has 10 heteroatoms. The van der Waals surface area contributed by atoms with Gasteiger partial charge in [0, 0.05) is 51.2 Å². The van der Waals surface area contributed by atoms with Gasteiger partial charge in [-0.3, -0.25) is 14.6 Å². The van der Waals surface area contributed by atoms with E-state index >= 15 is 0 Å². The lowest BCUT2D eigenvalue weighted by molar-refractivity contribution is -0.131. The number of piperazine rings is 1. The molecule has 30 heavy (non-hydrogen) atoms. The molecule has 160 valence electrons. The molecule has 0 spiro atoms. The van der Waals surface area contributed by atoms with Crippen molar-refractivity contribution >= 4 is 27.4 Å². The first-order valence-corrected chi connectivity index (χ1v) is 10.8. The second kappa shape index (κ2) is 8.88. The van der Waals surface area contributed by atoms with Crippen molar-refractivity contribution in [3.05, 3.63) is 54.1 Å². The van der Waals surface area contributed by atoms with Crippen molar-refractivity contribution in [2.75, 3.05) is 44.7 Å². The standard InChI is InChI=1S/C20H23FN4O4S/c1-15(26)16-5-6-19(18(21)12-16)24-8-10-25(11-9-24)20(27)14-23(2)30(28,29)17-4-3-7-22-13-17/h3-7,12-13H,8-11,14H2,1-2H3. The Kier molecular flexibility index (Phi) is 6.47. The van der Waals surface area contributed by atoms with Crippen molar-refractivity contribution in [2.24, 2.45) is 0 Å². The van der Waals surface area contributed by atoms with Gasteiger partial charge < -0.3 is 9.80 Å². The summed E-state index contributed by atoms with van der Waals surface area (Å²) in [5, 5.41) is 0. The quantitative estimate of drug-likeness (QED) is 0.639. The summed E-state index contributed by atoms with van der Waals surface area (Å²) in [4.78, 5) is 31.2. The van der Waals surface area contributed by atoms with Crippen molar-refractivity contribution in [2.45, 2.75) is 11.8 Å². The van der Waals surface area contributed by atoms with E-state index in [0.29, 0.717) is 37.4 Å². The third-order valence-corrected chi connectivity index (χ3v) is 6.81. The number of nitrogens with zero attached hydrogens (tertiary/aromatic N) is 4. The molecular formula is C20H23FN4O4S. The maximum atomic E-state index is 14.4. The van der Waals surface area contributed by atoms with Gasteiger partial charge in [-0.1, -0.05) is 0 Å². The molecule has 0 radical (unpaired) electrons. The molecule has 3 rings (SSSR count). The van der Waals surface area contributed by atoms with Gasteiger partial charge in [-0.2, -0.15) is 4.31 Å². The zero-order chi connectivity index (χ0) is 21.9. The van der Waals surface area contributed by atoms with Gasteiger partial charge in [-0.15, -0.1) is 0 Å². The van der Waals surface area contributed by atoms with Gasteiger partial charge in [0.05, 0.1) is 12.2 Å². The lowest BCUT2D eigenvalue weighted by Gasteiger charge is -2.36. The highest BCUT2D eigenvalue weighted by molar-refractivity contribution is 7.89. The van der Waals surface area contributed by atoms with Crippen LogP contribution in [-0.2, 0) is 14.8 Å². The summed E-state index contributed by atoms with van der Waals surface area (Å²) >= 11 is 0. The largest absolute Gasteiger partial charge is 0.366 e. The number of carbonyl (C=O) groups is 2. The van der Waals surface area contributed by atoms with E-state index in [4.69, 9.17) is 0 Å². The number of anilines is 1. The summed E-state index contributed by atoms with van der Waals surface area (Å²) in [5.74, 6) is -1.01. The molecule has 1 aliphatic heterocycles. The number of hydrogen-bond acceptors (Lipinski definition) is 6. The fourth-order valence-corrected chi connectivity index (χ4v) is 4.32. The Morgan fingerprint density at radius 1 is 1.17 bits per heavy atom. The Balaban J connectivity index is 1.60. The van der Waals surface area contributed by atoms with Gasteiger partial charge in [-0.25, -0.2) is 12.8 Å². The fraction of sp³-hybridized carbons (Fsp3) is 0.350. The number of sulfonamides is 1. The van der Waals surface area contributed by atoms with Crippen LogP contribution in [0.5, 0.6) is 0 Å². The van der Waals surface area contributed by atoms with Gasteiger partial charge in [0.2, 0.25) is 15.9 Å². The monoisotopic (exact) mass is 434 g/mol. The smallest absolute Gasteiger partial charge is 0.244 e. The molecule has 1 fully saturated rings. The van der Waals surface area contributed by atoms with Crippen LogP contribution in [0.3, 0.4) is 0 Å². The van der Waals surface area contributed by atoms with Crippen LogP contribution in [0.2, 0.25) is 0 Å². The van der Waals surface area contributed by atoms with Crippen LogP contribution in [0, 0.1) is 5.82 Å². The van der Waals surface area contributed by atoms with E-state index in [-0.39, 0.29) is 23.1 Å². The third-order valence-electron chi connectivity index (χ3n) is 5.03. The summed E-state index contributed by atoms with van der Waals surface area (Å²) in [6, 6.07) is 7.31. The first-order valence-electron chi connectivity index (χ1n) is 9.39. The molecule has 1 aromatic carbocycles. The second-order valence-corrected chi connectivity index (χ2v) is 9.08. The molecule has 0 N–H and O–H groups in total. The lowest BCUT2D eigenvalue weighted by Crippen LogP contribution is -2.51. The number of hydrogen-bond donors (Lipinski definition) is 0. The fourth-order valence-electron chi connectivity index (χ4n) is 3.23. The zero-order valence-electron chi connectivity index (χ0n) is 16.8. The number of carbonyl (C=O) groups excluding carboxylic acids is 2. The van der Waals surface area contributed by atoms with E-state index in [2.05, 4.69) is 4.98 Å². The number of pyridine rings is 1. The third kappa shape index (κ3) is 4.65.